The molecule has 120 valence electrons. The number of hydrogen-bond acceptors (Lipinski definition) is 2. The minimum Gasteiger partial charge on any atom is -0.361 e. The number of rotatable bonds is 5. The second kappa shape index (κ2) is 6.08. The Morgan fingerprint density at radius 1 is 1.09 bits per heavy atom. The van der Waals surface area contributed by atoms with Gasteiger partial charge in [-0.1, -0.05) is 29.8 Å². The third-order valence-corrected chi connectivity index (χ3v) is 5.72. The Morgan fingerprint density at radius 3 is 2.65 bits per heavy atom. The van der Waals surface area contributed by atoms with E-state index in [1.165, 1.54) is 4.31 Å². The van der Waals surface area contributed by atoms with Gasteiger partial charge in [0.05, 0.1) is 11.4 Å². The lowest BCUT2D eigenvalue weighted by Crippen LogP contribution is -2.31. The average molecular weight is 328 g/mol. The smallest absolute Gasteiger partial charge is 0.239 e. The van der Waals surface area contributed by atoms with Crippen molar-refractivity contribution < 1.29 is 8.42 Å². The number of nitrogens with zero attached hydrogens (tertiary/aromatic N) is 1. The second-order valence-corrected chi connectivity index (χ2v) is 7.55. The summed E-state index contributed by atoms with van der Waals surface area (Å²) in [6, 6.07) is 15.2. The van der Waals surface area contributed by atoms with Crippen molar-refractivity contribution in [3.8, 4) is 0 Å². The van der Waals surface area contributed by atoms with Gasteiger partial charge >= 0.3 is 0 Å². The molecule has 5 heteroatoms. The number of sulfonamides is 1. The number of aryl methyl sites for hydroxylation is 1. The van der Waals surface area contributed by atoms with E-state index in [0.717, 1.165) is 22.0 Å². The molecule has 0 saturated carbocycles. The number of benzene rings is 2. The monoisotopic (exact) mass is 328 g/mol. The first-order valence-electron chi connectivity index (χ1n) is 7.63. The molecule has 3 rings (SSSR count). The van der Waals surface area contributed by atoms with Gasteiger partial charge < -0.3 is 4.98 Å². The number of anilines is 1. The van der Waals surface area contributed by atoms with Crippen LogP contribution in [0.5, 0.6) is 0 Å². The Bertz CT molecular complexity index is 929. The van der Waals surface area contributed by atoms with Crippen LogP contribution in [0.25, 0.3) is 10.9 Å². The molecule has 0 atom stereocenters. The van der Waals surface area contributed by atoms with Crippen molar-refractivity contribution in [3.05, 3.63) is 65.9 Å². The van der Waals surface area contributed by atoms with Crippen molar-refractivity contribution in [2.45, 2.75) is 19.6 Å². The number of nitrogens with one attached hydrogen (secondary N) is 1. The van der Waals surface area contributed by atoms with Crippen LogP contribution in [-0.2, 0) is 15.8 Å². The normalized spacial score (nSPS) is 11.7. The summed E-state index contributed by atoms with van der Waals surface area (Å²) in [6.07, 6.45) is 1.85. The van der Waals surface area contributed by atoms with Crippen LogP contribution in [0.3, 0.4) is 0 Å². The lowest BCUT2D eigenvalue weighted by atomic mass is 10.2. The van der Waals surface area contributed by atoms with Crippen molar-refractivity contribution in [2.75, 3.05) is 10.8 Å². The highest BCUT2D eigenvalue weighted by atomic mass is 32.2. The standard InChI is InChI=1S/C18H20N2O2S/c1-3-20(17-7-8-18-16(12-17)9-10-19-18)23(21,22)13-15-6-4-5-14(2)11-15/h4-12,19H,3,13H2,1-2H3. The van der Waals surface area contributed by atoms with Gasteiger partial charge in [-0.05, 0) is 43.7 Å². The molecule has 0 fully saturated rings. The number of hydrogen-bond donors (Lipinski definition) is 1. The average Bonchev–Trinajstić information content (AvgIpc) is 2.94. The zero-order chi connectivity index (χ0) is 16.4. The number of H-pyrrole nitrogens is 1. The lowest BCUT2D eigenvalue weighted by Gasteiger charge is -2.23. The van der Waals surface area contributed by atoms with Crippen LogP contribution in [0.4, 0.5) is 5.69 Å². The van der Waals surface area contributed by atoms with Crippen molar-refractivity contribution in [1.82, 2.24) is 4.98 Å². The summed E-state index contributed by atoms with van der Waals surface area (Å²) < 4.78 is 27.1. The Balaban J connectivity index is 1.94. The molecule has 0 radical (unpaired) electrons. The first-order valence-corrected chi connectivity index (χ1v) is 9.23. The minimum absolute atomic E-state index is 0.00763. The molecule has 0 bridgehead atoms. The number of aromatic nitrogens is 1. The molecule has 0 aliphatic rings. The van der Waals surface area contributed by atoms with E-state index in [1.54, 1.807) is 0 Å². The summed E-state index contributed by atoms with van der Waals surface area (Å²) in [5.74, 6) is 0.00763. The molecule has 0 saturated heterocycles. The van der Waals surface area contributed by atoms with Crippen LogP contribution in [0.1, 0.15) is 18.1 Å². The molecule has 1 N–H and O–H groups in total. The fraction of sp³-hybridized carbons (Fsp3) is 0.222. The second-order valence-electron chi connectivity index (χ2n) is 5.66. The maximum Gasteiger partial charge on any atom is 0.239 e. The number of aromatic amines is 1. The maximum absolute atomic E-state index is 12.8. The van der Waals surface area contributed by atoms with Crippen molar-refractivity contribution in [1.29, 1.82) is 0 Å². The molecule has 0 aliphatic carbocycles. The van der Waals surface area contributed by atoms with Gasteiger partial charge in [-0.2, -0.15) is 0 Å². The fourth-order valence-corrected chi connectivity index (χ4v) is 4.41. The van der Waals surface area contributed by atoms with E-state index < -0.39 is 10.0 Å². The summed E-state index contributed by atoms with van der Waals surface area (Å²) >= 11 is 0. The van der Waals surface area contributed by atoms with Crippen LogP contribution in [0.15, 0.2) is 54.7 Å². The Hall–Kier alpha value is -2.27. The maximum atomic E-state index is 12.8. The van der Waals surface area contributed by atoms with Crippen LogP contribution in [0.2, 0.25) is 0 Å². The first-order chi connectivity index (χ1) is 11.0. The molecular weight excluding hydrogens is 308 g/mol. The van der Waals surface area contributed by atoms with Gasteiger partial charge in [0, 0.05) is 23.6 Å². The van der Waals surface area contributed by atoms with E-state index in [4.69, 9.17) is 0 Å². The summed E-state index contributed by atoms with van der Waals surface area (Å²) in [4.78, 5) is 3.12. The quantitative estimate of drug-likeness (QED) is 0.774. The highest BCUT2D eigenvalue weighted by Crippen LogP contribution is 2.25. The zero-order valence-electron chi connectivity index (χ0n) is 13.3. The van der Waals surface area contributed by atoms with Crippen molar-refractivity contribution in [3.63, 3.8) is 0 Å². The predicted octanol–water partition coefficient (Wildman–Crippen LogP) is 3.83. The summed E-state index contributed by atoms with van der Waals surface area (Å²) in [5.41, 5.74) is 3.58. The van der Waals surface area contributed by atoms with Gasteiger partial charge in [-0.25, -0.2) is 8.42 Å². The molecule has 23 heavy (non-hydrogen) atoms. The molecule has 1 heterocycles. The topological polar surface area (TPSA) is 53.2 Å². The fourth-order valence-electron chi connectivity index (χ4n) is 2.83. The van der Waals surface area contributed by atoms with E-state index in [2.05, 4.69) is 4.98 Å². The molecule has 3 aromatic rings. The van der Waals surface area contributed by atoms with Gasteiger partial charge in [0.15, 0.2) is 0 Å². The summed E-state index contributed by atoms with van der Waals surface area (Å²) in [6.45, 7) is 4.23. The number of fused-ring (bicyclic) bond motifs is 1. The molecule has 0 unspecified atom stereocenters. The van der Waals surface area contributed by atoms with E-state index in [-0.39, 0.29) is 5.75 Å². The molecule has 1 aromatic heterocycles. The van der Waals surface area contributed by atoms with Gasteiger partial charge in [-0.3, -0.25) is 4.31 Å². The van der Waals surface area contributed by atoms with Crippen molar-refractivity contribution >= 4 is 26.6 Å². The molecule has 2 aromatic carbocycles. The third-order valence-electron chi connectivity index (χ3n) is 3.88. The van der Waals surface area contributed by atoms with Crippen LogP contribution < -0.4 is 4.31 Å². The zero-order valence-corrected chi connectivity index (χ0v) is 14.1. The van der Waals surface area contributed by atoms with Crippen molar-refractivity contribution in [2.24, 2.45) is 0 Å². The van der Waals surface area contributed by atoms with Crippen LogP contribution in [0, 0.1) is 6.92 Å². The SMILES string of the molecule is CCN(c1ccc2[nH]ccc2c1)S(=O)(=O)Cc1cccc(C)c1. The molecule has 4 nitrogen and oxygen atoms in total. The van der Waals surface area contributed by atoms with E-state index in [1.807, 2.05) is 68.6 Å². The van der Waals surface area contributed by atoms with Gasteiger partial charge in [-0.15, -0.1) is 0 Å². The molecule has 0 amide bonds. The van der Waals surface area contributed by atoms with Gasteiger partial charge in [0.2, 0.25) is 10.0 Å². The molecule has 0 spiro atoms. The Morgan fingerprint density at radius 2 is 1.91 bits per heavy atom. The molecule has 0 aliphatic heterocycles. The first kappa shape index (κ1) is 15.6. The summed E-state index contributed by atoms with van der Waals surface area (Å²) in [5, 5.41) is 1.01. The van der Waals surface area contributed by atoms with E-state index in [9.17, 15) is 8.42 Å². The third kappa shape index (κ3) is 3.24. The van der Waals surface area contributed by atoms with Gasteiger partial charge in [0.25, 0.3) is 0 Å². The van der Waals surface area contributed by atoms with E-state index in [0.29, 0.717) is 12.2 Å². The van der Waals surface area contributed by atoms with Crippen LogP contribution >= 0.6 is 0 Å². The largest absolute Gasteiger partial charge is 0.361 e. The highest BCUT2D eigenvalue weighted by molar-refractivity contribution is 7.92. The predicted molar refractivity (Wildman–Crippen MR) is 95.1 cm³/mol. The highest BCUT2D eigenvalue weighted by Gasteiger charge is 2.22. The van der Waals surface area contributed by atoms with Crippen LogP contribution in [-0.4, -0.2) is 19.9 Å². The Labute approximate surface area is 136 Å². The lowest BCUT2D eigenvalue weighted by molar-refractivity contribution is 0.591. The molecular formula is C18H20N2O2S. The van der Waals surface area contributed by atoms with E-state index >= 15 is 0 Å². The summed E-state index contributed by atoms with van der Waals surface area (Å²) in [7, 11) is -3.42. The van der Waals surface area contributed by atoms with Gasteiger partial charge in [0.1, 0.15) is 0 Å². The minimum atomic E-state index is -3.42. The Kier molecular flexibility index (Phi) is 4.13.